The van der Waals surface area contributed by atoms with Crippen molar-refractivity contribution in [1.29, 1.82) is 0 Å². The zero-order chi connectivity index (χ0) is 11.2. The van der Waals surface area contributed by atoms with Crippen molar-refractivity contribution in [2.75, 3.05) is 19.7 Å². The number of fused-ring (bicyclic) bond motifs is 1. The van der Waals surface area contributed by atoms with E-state index in [1.165, 1.54) is 24.0 Å². The maximum absolute atomic E-state index is 8.65. The van der Waals surface area contributed by atoms with Gasteiger partial charge in [-0.2, -0.15) is 0 Å². The van der Waals surface area contributed by atoms with Gasteiger partial charge in [-0.3, -0.25) is 0 Å². The van der Waals surface area contributed by atoms with E-state index in [2.05, 4.69) is 29.6 Å². The molecule has 2 N–H and O–H groups in total. The standard InChI is InChI=1S/C14H21NO/c16-9-5-1-4-8-15-11-13-10-12-6-2-3-7-14(12)13/h2-3,6-7,13,15-16H,1,4-5,8-11H2. The number of unbranched alkanes of at least 4 members (excludes halogenated alkanes) is 2. The van der Waals surface area contributed by atoms with Crippen molar-refractivity contribution in [2.45, 2.75) is 31.6 Å². The molecular formula is C14H21NO. The van der Waals surface area contributed by atoms with Gasteiger partial charge in [0.1, 0.15) is 0 Å². The third-order valence-corrected chi connectivity index (χ3v) is 3.36. The molecule has 1 aliphatic carbocycles. The molecule has 16 heavy (non-hydrogen) atoms. The molecule has 1 aromatic carbocycles. The van der Waals surface area contributed by atoms with E-state index in [1.807, 2.05) is 0 Å². The summed E-state index contributed by atoms with van der Waals surface area (Å²) in [5, 5.41) is 12.2. The van der Waals surface area contributed by atoms with E-state index in [0.29, 0.717) is 6.61 Å². The lowest BCUT2D eigenvalue weighted by Crippen LogP contribution is -2.29. The maximum atomic E-state index is 8.65. The van der Waals surface area contributed by atoms with E-state index in [9.17, 15) is 0 Å². The number of hydrogen-bond acceptors (Lipinski definition) is 2. The molecule has 0 amide bonds. The monoisotopic (exact) mass is 219 g/mol. The van der Waals surface area contributed by atoms with Crippen molar-refractivity contribution in [1.82, 2.24) is 5.32 Å². The normalized spacial score (nSPS) is 17.9. The van der Waals surface area contributed by atoms with Gasteiger partial charge in [0, 0.05) is 19.1 Å². The molecule has 1 aliphatic rings. The molecule has 0 aliphatic heterocycles. The summed E-state index contributed by atoms with van der Waals surface area (Å²) in [4.78, 5) is 0. The third-order valence-electron chi connectivity index (χ3n) is 3.36. The summed E-state index contributed by atoms with van der Waals surface area (Å²) in [5.74, 6) is 0.731. The summed E-state index contributed by atoms with van der Waals surface area (Å²) in [6.07, 6.45) is 4.48. The summed E-state index contributed by atoms with van der Waals surface area (Å²) in [5.41, 5.74) is 3.06. The molecule has 1 aromatic rings. The molecule has 88 valence electrons. The topological polar surface area (TPSA) is 32.3 Å². The summed E-state index contributed by atoms with van der Waals surface area (Å²) in [6.45, 7) is 2.52. The van der Waals surface area contributed by atoms with Crippen molar-refractivity contribution < 1.29 is 5.11 Å². The molecule has 0 aromatic heterocycles. The molecule has 0 spiro atoms. The van der Waals surface area contributed by atoms with Crippen LogP contribution in [0.4, 0.5) is 0 Å². The van der Waals surface area contributed by atoms with Gasteiger partial charge < -0.3 is 10.4 Å². The van der Waals surface area contributed by atoms with Crippen LogP contribution < -0.4 is 5.32 Å². The summed E-state index contributed by atoms with van der Waals surface area (Å²) >= 11 is 0. The Morgan fingerprint density at radius 2 is 2.06 bits per heavy atom. The predicted octanol–water partition coefficient (Wildman–Crippen LogP) is 2.08. The van der Waals surface area contributed by atoms with E-state index in [-0.39, 0.29) is 0 Å². The van der Waals surface area contributed by atoms with Gasteiger partial charge in [0.05, 0.1) is 0 Å². The molecule has 2 heteroatoms. The number of aliphatic hydroxyl groups excluding tert-OH is 1. The van der Waals surface area contributed by atoms with E-state index in [4.69, 9.17) is 5.11 Å². The van der Waals surface area contributed by atoms with Crippen molar-refractivity contribution in [3.63, 3.8) is 0 Å². The van der Waals surface area contributed by atoms with Crippen LogP contribution in [-0.4, -0.2) is 24.8 Å². The maximum Gasteiger partial charge on any atom is 0.0431 e. The number of benzene rings is 1. The van der Waals surface area contributed by atoms with Gasteiger partial charge in [-0.25, -0.2) is 0 Å². The number of nitrogens with one attached hydrogen (secondary N) is 1. The smallest absolute Gasteiger partial charge is 0.0431 e. The zero-order valence-electron chi connectivity index (χ0n) is 9.78. The highest BCUT2D eigenvalue weighted by Crippen LogP contribution is 2.33. The quantitative estimate of drug-likeness (QED) is 0.688. The van der Waals surface area contributed by atoms with Crippen LogP contribution in [0.1, 0.15) is 36.3 Å². The van der Waals surface area contributed by atoms with Gasteiger partial charge in [-0.05, 0) is 43.4 Å². The lowest BCUT2D eigenvalue weighted by Gasteiger charge is -2.30. The Bertz CT molecular complexity index is 324. The Kier molecular flexibility index (Phi) is 4.37. The summed E-state index contributed by atoms with van der Waals surface area (Å²) in [6, 6.07) is 8.73. The summed E-state index contributed by atoms with van der Waals surface area (Å²) in [7, 11) is 0. The second kappa shape index (κ2) is 6.02. The van der Waals surface area contributed by atoms with Gasteiger partial charge in [0.2, 0.25) is 0 Å². The molecule has 0 bridgehead atoms. The molecule has 0 fully saturated rings. The fraction of sp³-hybridized carbons (Fsp3) is 0.571. The predicted molar refractivity (Wildman–Crippen MR) is 66.7 cm³/mol. The van der Waals surface area contributed by atoms with Gasteiger partial charge in [-0.1, -0.05) is 24.3 Å². The molecule has 1 unspecified atom stereocenters. The number of rotatable bonds is 7. The number of aliphatic hydroxyl groups is 1. The van der Waals surface area contributed by atoms with Crippen LogP contribution >= 0.6 is 0 Å². The first-order valence-corrected chi connectivity index (χ1v) is 6.31. The third kappa shape index (κ3) is 2.83. The van der Waals surface area contributed by atoms with Crippen LogP contribution in [0.25, 0.3) is 0 Å². The van der Waals surface area contributed by atoms with Crippen molar-refractivity contribution in [2.24, 2.45) is 0 Å². The van der Waals surface area contributed by atoms with Gasteiger partial charge >= 0.3 is 0 Å². The van der Waals surface area contributed by atoms with E-state index < -0.39 is 0 Å². The van der Waals surface area contributed by atoms with Gasteiger partial charge in [-0.15, -0.1) is 0 Å². The fourth-order valence-corrected chi connectivity index (χ4v) is 2.36. The van der Waals surface area contributed by atoms with Crippen LogP contribution in [0.2, 0.25) is 0 Å². The molecule has 1 atom stereocenters. The zero-order valence-corrected chi connectivity index (χ0v) is 9.78. The van der Waals surface area contributed by atoms with Gasteiger partial charge in [0.15, 0.2) is 0 Å². The van der Waals surface area contributed by atoms with Crippen molar-refractivity contribution in [3.05, 3.63) is 35.4 Å². The average Bonchev–Trinajstić information content (AvgIpc) is 2.28. The van der Waals surface area contributed by atoms with Gasteiger partial charge in [0.25, 0.3) is 0 Å². The minimum atomic E-state index is 0.329. The first-order chi connectivity index (χ1) is 7.92. The average molecular weight is 219 g/mol. The molecule has 2 rings (SSSR count). The highest BCUT2D eigenvalue weighted by atomic mass is 16.2. The number of hydrogen-bond donors (Lipinski definition) is 2. The van der Waals surface area contributed by atoms with Crippen LogP contribution in [0, 0.1) is 0 Å². The molecule has 2 nitrogen and oxygen atoms in total. The Balaban J connectivity index is 1.59. The minimum absolute atomic E-state index is 0.329. The lowest BCUT2D eigenvalue weighted by atomic mass is 9.77. The fourth-order valence-electron chi connectivity index (χ4n) is 2.36. The Morgan fingerprint density at radius 1 is 1.19 bits per heavy atom. The second-order valence-corrected chi connectivity index (χ2v) is 4.59. The van der Waals surface area contributed by atoms with E-state index in [0.717, 1.165) is 31.8 Å². The highest BCUT2D eigenvalue weighted by Gasteiger charge is 2.24. The van der Waals surface area contributed by atoms with Crippen LogP contribution in [0.3, 0.4) is 0 Å². The summed E-state index contributed by atoms with van der Waals surface area (Å²) < 4.78 is 0. The minimum Gasteiger partial charge on any atom is -0.396 e. The van der Waals surface area contributed by atoms with E-state index in [1.54, 1.807) is 0 Å². The Hall–Kier alpha value is -0.860. The highest BCUT2D eigenvalue weighted by molar-refractivity contribution is 5.40. The molecule has 0 radical (unpaired) electrons. The van der Waals surface area contributed by atoms with Crippen LogP contribution in [0.5, 0.6) is 0 Å². The van der Waals surface area contributed by atoms with Crippen molar-refractivity contribution >= 4 is 0 Å². The van der Waals surface area contributed by atoms with E-state index >= 15 is 0 Å². The lowest BCUT2D eigenvalue weighted by molar-refractivity contribution is 0.282. The largest absolute Gasteiger partial charge is 0.396 e. The van der Waals surface area contributed by atoms with Crippen molar-refractivity contribution in [3.8, 4) is 0 Å². The SMILES string of the molecule is OCCCCCNCC1Cc2ccccc21. The molecular weight excluding hydrogens is 198 g/mol. The first kappa shape index (κ1) is 11.6. The molecule has 0 saturated carbocycles. The Morgan fingerprint density at radius 3 is 2.88 bits per heavy atom. The van der Waals surface area contributed by atoms with Crippen LogP contribution in [0.15, 0.2) is 24.3 Å². The molecule has 0 saturated heterocycles. The first-order valence-electron chi connectivity index (χ1n) is 6.31. The Labute approximate surface area is 97.7 Å². The van der Waals surface area contributed by atoms with Crippen LogP contribution in [-0.2, 0) is 6.42 Å². The second-order valence-electron chi connectivity index (χ2n) is 4.59. The molecule has 0 heterocycles.